The van der Waals surface area contributed by atoms with Gasteiger partial charge in [0.15, 0.2) is 11.5 Å². The van der Waals surface area contributed by atoms with E-state index < -0.39 is 0 Å². The third-order valence-electron chi connectivity index (χ3n) is 1.97. The highest BCUT2D eigenvalue weighted by atomic mass is 16.5. The van der Waals surface area contributed by atoms with Gasteiger partial charge in [0, 0.05) is 0 Å². The summed E-state index contributed by atoms with van der Waals surface area (Å²) in [6.07, 6.45) is 3.08. The standard InChI is InChI=1S/C11H17NO2/c12-8-4-1-5-9-14-11-7-3-2-6-10(11)13/h2-3,6-7,13H,1,4-5,8-9,12H2. The van der Waals surface area contributed by atoms with Crippen LogP contribution in [-0.4, -0.2) is 18.3 Å². The van der Waals surface area contributed by atoms with Gasteiger partial charge in [-0.25, -0.2) is 0 Å². The van der Waals surface area contributed by atoms with Crippen molar-refractivity contribution in [2.75, 3.05) is 13.2 Å². The third kappa shape index (κ3) is 3.66. The van der Waals surface area contributed by atoms with Crippen LogP contribution >= 0.6 is 0 Å². The Morgan fingerprint density at radius 2 is 1.93 bits per heavy atom. The van der Waals surface area contributed by atoms with Crippen LogP contribution in [0.1, 0.15) is 19.3 Å². The van der Waals surface area contributed by atoms with E-state index in [0.717, 1.165) is 25.8 Å². The second-order valence-corrected chi connectivity index (χ2v) is 3.17. The minimum Gasteiger partial charge on any atom is -0.504 e. The number of para-hydroxylation sites is 2. The molecular formula is C11H17NO2. The van der Waals surface area contributed by atoms with Crippen LogP contribution in [0.2, 0.25) is 0 Å². The van der Waals surface area contributed by atoms with Gasteiger partial charge < -0.3 is 15.6 Å². The van der Waals surface area contributed by atoms with Crippen molar-refractivity contribution >= 4 is 0 Å². The number of nitrogens with two attached hydrogens (primary N) is 1. The molecule has 0 fully saturated rings. The average molecular weight is 195 g/mol. The van der Waals surface area contributed by atoms with E-state index in [1.54, 1.807) is 18.2 Å². The van der Waals surface area contributed by atoms with Gasteiger partial charge in [0.25, 0.3) is 0 Å². The Labute approximate surface area is 84.5 Å². The Balaban J connectivity index is 2.21. The van der Waals surface area contributed by atoms with Gasteiger partial charge in [-0.2, -0.15) is 0 Å². The van der Waals surface area contributed by atoms with E-state index >= 15 is 0 Å². The van der Waals surface area contributed by atoms with Gasteiger partial charge in [0.05, 0.1) is 6.61 Å². The molecule has 1 rings (SSSR count). The number of benzene rings is 1. The SMILES string of the molecule is NCCCCCOc1ccccc1O. The molecule has 0 radical (unpaired) electrons. The zero-order chi connectivity index (χ0) is 10.2. The van der Waals surface area contributed by atoms with Crippen molar-refractivity contribution in [1.82, 2.24) is 0 Å². The van der Waals surface area contributed by atoms with Crippen LogP contribution in [0.5, 0.6) is 11.5 Å². The lowest BCUT2D eigenvalue weighted by Crippen LogP contribution is -2.01. The van der Waals surface area contributed by atoms with Crippen molar-refractivity contribution in [3.05, 3.63) is 24.3 Å². The first-order valence-electron chi connectivity index (χ1n) is 4.95. The third-order valence-corrected chi connectivity index (χ3v) is 1.97. The van der Waals surface area contributed by atoms with E-state index in [-0.39, 0.29) is 5.75 Å². The average Bonchev–Trinajstić information content (AvgIpc) is 2.20. The smallest absolute Gasteiger partial charge is 0.160 e. The van der Waals surface area contributed by atoms with E-state index in [0.29, 0.717) is 12.4 Å². The van der Waals surface area contributed by atoms with E-state index in [4.69, 9.17) is 10.5 Å². The molecule has 3 N–H and O–H groups in total. The molecule has 0 amide bonds. The van der Waals surface area contributed by atoms with Gasteiger partial charge in [0.1, 0.15) is 0 Å². The van der Waals surface area contributed by atoms with Crippen molar-refractivity contribution in [3.8, 4) is 11.5 Å². The molecule has 0 saturated carbocycles. The van der Waals surface area contributed by atoms with E-state index in [2.05, 4.69) is 0 Å². The number of phenols is 1. The number of hydrogen-bond donors (Lipinski definition) is 2. The van der Waals surface area contributed by atoms with Gasteiger partial charge in [0.2, 0.25) is 0 Å². The summed E-state index contributed by atoms with van der Waals surface area (Å²) in [6.45, 7) is 1.37. The fraction of sp³-hybridized carbons (Fsp3) is 0.455. The maximum atomic E-state index is 9.37. The van der Waals surface area contributed by atoms with Crippen molar-refractivity contribution in [2.45, 2.75) is 19.3 Å². The number of rotatable bonds is 6. The molecule has 0 aromatic heterocycles. The van der Waals surface area contributed by atoms with Crippen LogP contribution in [0.3, 0.4) is 0 Å². The molecule has 3 heteroatoms. The highest BCUT2D eigenvalue weighted by molar-refractivity contribution is 5.37. The summed E-state index contributed by atoms with van der Waals surface area (Å²) >= 11 is 0. The maximum absolute atomic E-state index is 9.37. The fourth-order valence-corrected chi connectivity index (χ4v) is 1.18. The Morgan fingerprint density at radius 1 is 1.14 bits per heavy atom. The lowest BCUT2D eigenvalue weighted by molar-refractivity contribution is 0.290. The highest BCUT2D eigenvalue weighted by Gasteiger charge is 1.98. The summed E-state index contributed by atoms with van der Waals surface area (Å²) in [4.78, 5) is 0. The fourth-order valence-electron chi connectivity index (χ4n) is 1.18. The molecule has 0 bridgehead atoms. The minimum atomic E-state index is 0.200. The second kappa shape index (κ2) is 6.27. The number of hydrogen-bond acceptors (Lipinski definition) is 3. The Kier molecular flexibility index (Phi) is 4.86. The first-order chi connectivity index (χ1) is 6.84. The van der Waals surface area contributed by atoms with Crippen LogP contribution < -0.4 is 10.5 Å². The lowest BCUT2D eigenvalue weighted by Gasteiger charge is -2.06. The van der Waals surface area contributed by atoms with Gasteiger partial charge in [-0.1, -0.05) is 12.1 Å². The molecule has 0 aliphatic carbocycles. The Morgan fingerprint density at radius 3 is 2.64 bits per heavy atom. The van der Waals surface area contributed by atoms with E-state index in [1.165, 1.54) is 0 Å². The van der Waals surface area contributed by atoms with E-state index in [1.807, 2.05) is 6.07 Å². The zero-order valence-electron chi connectivity index (χ0n) is 8.28. The Hall–Kier alpha value is -1.22. The topological polar surface area (TPSA) is 55.5 Å². The number of unbranched alkanes of at least 4 members (excludes halogenated alkanes) is 2. The van der Waals surface area contributed by atoms with Crippen molar-refractivity contribution < 1.29 is 9.84 Å². The first-order valence-corrected chi connectivity index (χ1v) is 4.95. The molecule has 0 spiro atoms. The van der Waals surface area contributed by atoms with Gasteiger partial charge in [-0.15, -0.1) is 0 Å². The molecule has 0 atom stereocenters. The van der Waals surface area contributed by atoms with Crippen LogP contribution in [0.15, 0.2) is 24.3 Å². The largest absolute Gasteiger partial charge is 0.504 e. The Bertz CT molecular complexity index is 263. The number of ether oxygens (including phenoxy) is 1. The van der Waals surface area contributed by atoms with Crippen molar-refractivity contribution in [2.24, 2.45) is 5.73 Å². The van der Waals surface area contributed by atoms with Crippen molar-refractivity contribution in [3.63, 3.8) is 0 Å². The van der Waals surface area contributed by atoms with Crippen LogP contribution in [0.25, 0.3) is 0 Å². The molecule has 0 saturated heterocycles. The normalized spacial score (nSPS) is 10.1. The van der Waals surface area contributed by atoms with Gasteiger partial charge >= 0.3 is 0 Å². The van der Waals surface area contributed by atoms with Crippen LogP contribution in [0.4, 0.5) is 0 Å². The predicted octanol–water partition coefficient (Wildman–Crippen LogP) is 1.90. The highest BCUT2D eigenvalue weighted by Crippen LogP contribution is 2.24. The summed E-state index contributed by atoms with van der Waals surface area (Å²) in [5, 5.41) is 9.37. The summed E-state index contributed by atoms with van der Waals surface area (Å²) < 4.78 is 5.39. The summed E-state index contributed by atoms with van der Waals surface area (Å²) in [7, 11) is 0. The molecule has 0 heterocycles. The molecule has 0 aliphatic rings. The van der Waals surface area contributed by atoms with Gasteiger partial charge in [-0.05, 0) is 37.9 Å². The van der Waals surface area contributed by atoms with E-state index in [9.17, 15) is 5.11 Å². The molecular weight excluding hydrogens is 178 g/mol. The molecule has 0 unspecified atom stereocenters. The quantitative estimate of drug-likeness (QED) is 0.682. The zero-order valence-corrected chi connectivity index (χ0v) is 8.28. The monoisotopic (exact) mass is 195 g/mol. The first kappa shape index (κ1) is 10.9. The molecule has 0 aliphatic heterocycles. The number of aromatic hydroxyl groups is 1. The van der Waals surface area contributed by atoms with Gasteiger partial charge in [-0.3, -0.25) is 0 Å². The minimum absolute atomic E-state index is 0.200. The predicted molar refractivity (Wildman–Crippen MR) is 56.5 cm³/mol. The molecule has 1 aromatic carbocycles. The molecule has 14 heavy (non-hydrogen) atoms. The molecule has 1 aromatic rings. The van der Waals surface area contributed by atoms with Crippen LogP contribution in [0, 0.1) is 0 Å². The van der Waals surface area contributed by atoms with Crippen LogP contribution in [-0.2, 0) is 0 Å². The molecule has 3 nitrogen and oxygen atoms in total. The summed E-state index contributed by atoms with van der Waals surface area (Å²) in [6, 6.07) is 7.00. The maximum Gasteiger partial charge on any atom is 0.160 e. The lowest BCUT2D eigenvalue weighted by atomic mass is 10.2. The summed E-state index contributed by atoms with van der Waals surface area (Å²) in [5.41, 5.74) is 5.37. The summed E-state index contributed by atoms with van der Waals surface area (Å²) in [5.74, 6) is 0.756. The molecule has 78 valence electrons. The second-order valence-electron chi connectivity index (χ2n) is 3.17. The number of phenolic OH excluding ortho intramolecular Hbond substituents is 1. The van der Waals surface area contributed by atoms with Crippen molar-refractivity contribution in [1.29, 1.82) is 0 Å².